The quantitative estimate of drug-likeness (QED) is 0.224. The molecular weight excluding hydrogens is 617 g/mol. The lowest BCUT2D eigenvalue weighted by molar-refractivity contribution is -0.141. The van der Waals surface area contributed by atoms with Crippen molar-refractivity contribution in [3.05, 3.63) is 98.5 Å². The van der Waals surface area contributed by atoms with Crippen LogP contribution in [0, 0.1) is 6.92 Å². The molecule has 0 aliphatic heterocycles. The van der Waals surface area contributed by atoms with E-state index < -0.39 is 16.1 Å². The first-order valence-corrected chi connectivity index (χ1v) is 16.6. The molecule has 11 heteroatoms. The Balaban J connectivity index is 1.92. The highest BCUT2D eigenvalue weighted by atomic mass is 35.5. The molecule has 42 heavy (non-hydrogen) atoms. The molecule has 0 aliphatic rings. The summed E-state index contributed by atoms with van der Waals surface area (Å²) < 4.78 is 26.7. The zero-order valence-electron chi connectivity index (χ0n) is 24.1. The van der Waals surface area contributed by atoms with Crippen molar-refractivity contribution >= 4 is 62.3 Å². The van der Waals surface area contributed by atoms with Crippen molar-refractivity contribution < 1.29 is 18.0 Å². The van der Waals surface area contributed by atoms with E-state index in [1.54, 1.807) is 48.2 Å². The van der Waals surface area contributed by atoms with Crippen LogP contribution in [0.1, 0.15) is 43.4 Å². The number of hydrogen-bond donors (Lipinski definition) is 1. The number of benzene rings is 3. The number of nitrogens with zero attached hydrogens (tertiary/aromatic N) is 2. The van der Waals surface area contributed by atoms with Gasteiger partial charge in [-0.1, -0.05) is 77.3 Å². The Morgan fingerprint density at radius 2 is 1.60 bits per heavy atom. The highest BCUT2D eigenvalue weighted by molar-refractivity contribution is 7.92. The van der Waals surface area contributed by atoms with Crippen LogP contribution in [-0.4, -0.2) is 50.0 Å². The van der Waals surface area contributed by atoms with E-state index in [-0.39, 0.29) is 43.8 Å². The molecule has 1 unspecified atom stereocenters. The number of carbonyl (C=O) groups is 2. The Hall–Kier alpha value is -2.78. The maximum absolute atomic E-state index is 13.9. The fraction of sp³-hybridized carbons (Fsp3) is 0.355. The molecule has 0 radical (unpaired) electrons. The second-order valence-electron chi connectivity index (χ2n) is 10.5. The molecular formula is C31H36Cl3N3O4S. The first kappa shape index (κ1) is 33.7. The van der Waals surface area contributed by atoms with E-state index in [1.807, 2.05) is 44.2 Å². The summed E-state index contributed by atoms with van der Waals surface area (Å²) in [6, 6.07) is 18.7. The third kappa shape index (κ3) is 9.63. The average Bonchev–Trinajstić information content (AvgIpc) is 2.91. The van der Waals surface area contributed by atoms with E-state index in [0.29, 0.717) is 32.7 Å². The van der Waals surface area contributed by atoms with Crippen molar-refractivity contribution in [1.29, 1.82) is 0 Å². The van der Waals surface area contributed by atoms with Crippen molar-refractivity contribution in [1.82, 2.24) is 10.2 Å². The zero-order chi connectivity index (χ0) is 31.0. The van der Waals surface area contributed by atoms with Gasteiger partial charge in [-0.05, 0) is 68.1 Å². The van der Waals surface area contributed by atoms with Crippen molar-refractivity contribution in [2.75, 3.05) is 17.1 Å². The zero-order valence-corrected chi connectivity index (χ0v) is 27.2. The molecule has 0 aromatic heterocycles. The highest BCUT2D eigenvalue weighted by Gasteiger charge is 2.31. The van der Waals surface area contributed by atoms with E-state index in [2.05, 4.69) is 5.32 Å². The summed E-state index contributed by atoms with van der Waals surface area (Å²) in [7, 11) is -3.66. The van der Waals surface area contributed by atoms with Crippen LogP contribution in [0.4, 0.5) is 5.69 Å². The monoisotopic (exact) mass is 651 g/mol. The van der Waals surface area contributed by atoms with E-state index in [9.17, 15) is 18.0 Å². The Kier molecular flexibility index (Phi) is 12.1. The average molecular weight is 653 g/mol. The smallest absolute Gasteiger partial charge is 0.243 e. The lowest BCUT2D eigenvalue weighted by atomic mass is 10.0. The number of rotatable bonds is 13. The van der Waals surface area contributed by atoms with Gasteiger partial charge in [-0.15, -0.1) is 0 Å². The number of nitrogens with one attached hydrogen (secondary N) is 1. The van der Waals surface area contributed by atoms with Gasteiger partial charge in [0.2, 0.25) is 21.8 Å². The molecule has 3 aromatic rings. The summed E-state index contributed by atoms with van der Waals surface area (Å²) in [5.41, 5.74) is 2.81. The molecule has 0 saturated heterocycles. The van der Waals surface area contributed by atoms with E-state index >= 15 is 0 Å². The Morgan fingerprint density at radius 3 is 2.21 bits per heavy atom. The summed E-state index contributed by atoms with van der Waals surface area (Å²) >= 11 is 18.6. The van der Waals surface area contributed by atoms with E-state index in [4.69, 9.17) is 34.8 Å². The second-order valence-corrected chi connectivity index (χ2v) is 13.7. The van der Waals surface area contributed by atoms with Crippen molar-refractivity contribution in [3.8, 4) is 0 Å². The van der Waals surface area contributed by atoms with Gasteiger partial charge in [-0.25, -0.2) is 8.42 Å². The largest absolute Gasteiger partial charge is 0.352 e. The molecule has 3 aromatic carbocycles. The molecule has 0 bridgehead atoms. The predicted molar refractivity (Wildman–Crippen MR) is 172 cm³/mol. The van der Waals surface area contributed by atoms with Gasteiger partial charge >= 0.3 is 0 Å². The molecule has 1 atom stereocenters. The second kappa shape index (κ2) is 15.1. The van der Waals surface area contributed by atoms with Crippen LogP contribution < -0.4 is 9.62 Å². The summed E-state index contributed by atoms with van der Waals surface area (Å²) in [5.74, 6) is -0.577. The van der Waals surface area contributed by atoms with E-state index in [0.717, 1.165) is 17.4 Å². The van der Waals surface area contributed by atoms with Gasteiger partial charge < -0.3 is 10.2 Å². The third-order valence-corrected chi connectivity index (χ3v) is 8.79. The summed E-state index contributed by atoms with van der Waals surface area (Å²) in [5, 5.41) is 4.09. The van der Waals surface area contributed by atoms with Gasteiger partial charge in [-0.2, -0.15) is 0 Å². The highest BCUT2D eigenvalue weighted by Crippen LogP contribution is 2.28. The standard InChI is InChI=1S/C31H36Cl3N3O4S/c1-21(2)35-31(39)29(18-23-9-6-5-7-10-23)36(20-24-13-15-26(33)27(34)17-24)30(38)11-8-16-37(42(4,40)41)28-19-25(32)14-12-22(28)3/h5-7,9-10,12-15,17,19,21,29H,8,11,16,18,20H2,1-4H3,(H,35,39). The lowest BCUT2D eigenvalue weighted by Crippen LogP contribution is -2.51. The first-order valence-electron chi connectivity index (χ1n) is 13.6. The minimum atomic E-state index is -3.66. The molecule has 7 nitrogen and oxygen atoms in total. The molecule has 0 aliphatic carbocycles. The molecule has 0 spiro atoms. The fourth-order valence-electron chi connectivity index (χ4n) is 4.60. The number of aryl methyl sites for hydroxylation is 1. The number of anilines is 1. The number of hydrogen-bond acceptors (Lipinski definition) is 4. The fourth-order valence-corrected chi connectivity index (χ4v) is 6.10. The number of amides is 2. The first-order chi connectivity index (χ1) is 19.8. The number of carbonyl (C=O) groups excluding carboxylic acids is 2. The normalized spacial score (nSPS) is 12.2. The number of sulfonamides is 1. The van der Waals surface area contributed by atoms with Crippen LogP contribution in [-0.2, 0) is 32.6 Å². The van der Waals surface area contributed by atoms with Gasteiger partial charge in [-0.3, -0.25) is 13.9 Å². The summed E-state index contributed by atoms with van der Waals surface area (Å²) in [4.78, 5) is 29.0. The third-order valence-electron chi connectivity index (χ3n) is 6.63. The van der Waals surface area contributed by atoms with Crippen molar-refractivity contribution in [2.45, 2.75) is 58.7 Å². The minimum Gasteiger partial charge on any atom is -0.352 e. The SMILES string of the molecule is Cc1ccc(Cl)cc1N(CCCC(=O)N(Cc1ccc(Cl)c(Cl)c1)C(Cc1ccccc1)C(=O)NC(C)C)S(C)(=O)=O. The minimum absolute atomic E-state index is 0.00715. The molecule has 226 valence electrons. The molecule has 0 fully saturated rings. The Bertz CT molecular complexity index is 1500. The van der Waals surface area contributed by atoms with Gasteiger partial charge in [0, 0.05) is 37.0 Å². The Labute approximate surface area is 263 Å². The maximum Gasteiger partial charge on any atom is 0.243 e. The molecule has 3 rings (SSSR count). The van der Waals surface area contributed by atoms with Crippen LogP contribution in [0.3, 0.4) is 0 Å². The van der Waals surface area contributed by atoms with Crippen LogP contribution in [0.15, 0.2) is 66.7 Å². The topological polar surface area (TPSA) is 86.8 Å². The summed E-state index contributed by atoms with van der Waals surface area (Å²) in [6.07, 6.45) is 1.65. The maximum atomic E-state index is 13.9. The molecule has 2 amide bonds. The summed E-state index contributed by atoms with van der Waals surface area (Å²) in [6.45, 7) is 5.70. The van der Waals surface area contributed by atoms with Crippen LogP contribution in [0.25, 0.3) is 0 Å². The van der Waals surface area contributed by atoms with Crippen molar-refractivity contribution in [2.24, 2.45) is 0 Å². The number of halogens is 3. The Morgan fingerprint density at radius 1 is 0.905 bits per heavy atom. The molecule has 1 N–H and O–H groups in total. The molecule has 0 saturated carbocycles. The predicted octanol–water partition coefficient (Wildman–Crippen LogP) is 6.67. The van der Waals surface area contributed by atoms with Gasteiger partial charge in [0.1, 0.15) is 6.04 Å². The van der Waals surface area contributed by atoms with Gasteiger partial charge in [0.15, 0.2) is 0 Å². The van der Waals surface area contributed by atoms with Crippen LogP contribution in [0.5, 0.6) is 0 Å². The van der Waals surface area contributed by atoms with Gasteiger partial charge in [0.25, 0.3) is 0 Å². The van der Waals surface area contributed by atoms with Crippen LogP contribution in [0.2, 0.25) is 15.1 Å². The van der Waals surface area contributed by atoms with Crippen molar-refractivity contribution in [3.63, 3.8) is 0 Å². The molecule has 0 heterocycles. The van der Waals surface area contributed by atoms with Crippen LogP contribution >= 0.6 is 34.8 Å². The van der Waals surface area contributed by atoms with Gasteiger partial charge in [0.05, 0.1) is 22.0 Å². The van der Waals surface area contributed by atoms with E-state index in [1.165, 1.54) is 4.31 Å². The lowest BCUT2D eigenvalue weighted by Gasteiger charge is -2.32.